The Hall–Kier alpha value is -3.37. The summed E-state index contributed by atoms with van der Waals surface area (Å²) < 4.78 is 6.62. The normalized spacial score (nSPS) is 10.9. The lowest BCUT2D eigenvalue weighted by atomic mass is 10.2. The first-order chi connectivity index (χ1) is 15.0. The fourth-order valence-corrected chi connectivity index (χ4v) is 4.62. The van der Waals surface area contributed by atoms with Crippen molar-refractivity contribution in [1.82, 2.24) is 14.5 Å². The second-order valence-corrected chi connectivity index (χ2v) is 8.56. The van der Waals surface area contributed by atoms with Gasteiger partial charge >= 0.3 is 5.97 Å². The first-order valence-corrected chi connectivity index (χ1v) is 11.1. The number of fused-ring (bicyclic) bond motifs is 1. The van der Waals surface area contributed by atoms with E-state index in [9.17, 15) is 14.4 Å². The fourth-order valence-electron chi connectivity index (χ4n) is 3.04. The van der Waals surface area contributed by atoms with Crippen molar-refractivity contribution in [2.24, 2.45) is 0 Å². The molecule has 3 aromatic heterocycles. The smallest absolute Gasteiger partial charge is 0.348 e. The van der Waals surface area contributed by atoms with E-state index in [1.807, 2.05) is 30.3 Å². The van der Waals surface area contributed by atoms with Gasteiger partial charge in [-0.2, -0.15) is 0 Å². The van der Waals surface area contributed by atoms with E-state index in [0.29, 0.717) is 32.2 Å². The molecular formula is C21H18N4O4S2. The number of aryl methyl sites for hydroxylation is 1. The summed E-state index contributed by atoms with van der Waals surface area (Å²) in [5, 5.41) is 5.15. The summed E-state index contributed by atoms with van der Waals surface area (Å²) >= 11 is 2.40. The van der Waals surface area contributed by atoms with Crippen LogP contribution in [0, 0.1) is 6.92 Å². The molecule has 0 spiro atoms. The SMILES string of the molecule is Cc1c(C(=O)OCCc2ccccc2)sc2ncn(CC(=O)Nc3nccs3)c(=O)c12. The quantitative estimate of drug-likeness (QED) is 0.430. The standard InChI is InChI=1S/C21H18N4O4S2/c1-13-16-18(31-17(13)20(28)29-9-7-14-5-3-2-4-6-14)23-12-25(19(16)27)11-15(26)24-21-22-8-10-30-21/h2-6,8,10,12H,7,9,11H2,1H3,(H,22,24,26). The maximum absolute atomic E-state index is 12.9. The maximum Gasteiger partial charge on any atom is 0.348 e. The number of carbonyl (C=O) groups is 2. The van der Waals surface area contributed by atoms with Gasteiger partial charge in [-0.3, -0.25) is 14.2 Å². The number of thiophene rings is 1. The third-order valence-corrected chi connectivity index (χ3v) is 6.43. The number of rotatable bonds is 7. The molecule has 10 heteroatoms. The van der Waals surface area contributed by atoms with E-state index in [0.717, 1.165) is 16.9 Å². The highest BCUT2D eigenvalue weighted by Gasteiger charge is 2.21. The van der Waals surface area contributed by atoms with Crippen molar-refractivity contribution < 1.29 is 14.3 Å². The minimum absolute atomic E-state index is 0.201. The molecule has 1 N–H and O–H groups in total. The highest BCUT2D eigenvalue weighted by atomic mass is 32.1. The monoisotopic (exact) mass is 454 g/mol. The van der Waals surface area contributed by atoms with Gasteiger partial charge in [0.05, 0.1) is 18.3 Å². The van der Waals surface area contributed by atoms with Crippen molar-refractivity contribution in [2.45, 2.75) is 19.9 Å². The number of benzene rings is 1. The zero-order valence-corrected chi connectivity index (χ0v) is 18.2. The summed E-state index contributed by atoms with van der Waals surface area (Å²) in [4.78, 5) is 46.7. The summed E-state index contributed by atoms with van der Waals surface area (Å²) in [6.07, 6.45) is 3.50. The van der Waals surface area contributed by atoms with Crippen LogP contribution in [0.15, 0.2) is 53.0 Å². The Morgan fingerprint density at radius 2 is 2.00 bits per heavy atom. The Balaban J connectivity index is 1.49. The average Bonchev–Trinajstić information content (AvgIpc) is 3.39. The van der Waals surface area contributed by atoms with Crippen molar-refractivity contribution >= 4 is 49.9 Å². The van der Waals surface area contributed by atoms with Gasteiger partial charge in [-0.15, -0.1) is 22.7 Å². The second-order valence-electron chi connectivity index (χ2n) is 6.67. The zero-order chi connectivity index (χ0) is 21.8. The van der Waals surface area contributed by atoms with E-state index in [1.165, 1.54) is 22.2 Å². The molecule has 31 heavy (non-hydrogen) atoms. The Kier molecular flexibility index (Phi) is 6.19. The summed E-state index contributed by atoms with van der Waals surface area (Å²) in [5.41, 5.74) is 1.21. The van der Waals surface area contributed by atoms with Gasteiger partial charge in [-0.1, -0.05) is 30.3 Å². The van der Waals surface area contributed by atoms with Crippen LogP contribution in [0.1, 0.15) is 20.8 Å². The first-order valence-electron chi connectivity index (χ1n) is 9.42. The Bertz CT molecular complexity index is 1280. The number of amides is 1. The topological polar surface area (TPSA) is 103 Å². The molecule has 1 amide bonds. The van der Waals surface area contributed by atoms with Gasteiger partial charge in [-0.25, -0.2) is 14.8 Å². The predicted octanol–water partition coefficient (Wildman–Crippen LogP) is 3.26. The van der Waals surface area contributed by atoms with E-state index < -0.39 is 5.97 Å². The van der Waals surface area contributed by atoms with Gasteiger partial charge in [0.15, 0.2) is 5.13 Å². The van der Waals surface area contributed by atoms with Crippen LogP contribution in [-0.2, 0) is 22.5 Å². The van der Waals surface area contributed by atoms with Crippen molar-refractivity contribution in [3.8, 4) is 0 Å². The molecule has 0 saturated heterocycles. The average molecular weight is 455 g/mol. The number of aromatic nitrogens is 3. The molecular weight excluding hydrogens is 436 g/mol. The number of hydrogen-bond acceptors (Lipinski definition) is 8. The van der Waals surface area contributed by atoms with E-state index in [4.69, 9.17) is 4.74 Å². The molecule has 1 aromatic carbocycles. The number of ether oxygens (including phenoxy) is 1. The van der Waals surface area contributed by atoms with Crippen LogP contribution in [-0.4, -0.2) is 33.0 Å². The number of esters is 1. The van der Waals surface area contributed by atoms with Crippen LogP contribution in [0.25, 0.3) is 10.2 Å². The molecule has 0 atom stereocenters. The molecule has 158 valence electrons. The zero-order valence-electron chi connectivity index (χ0n) is 16.5. The number of nitrogens with one attached hydrogen (secondary N) is 1. The lowest BCUT2D eigenvalue weighted by Crippen LogP contribution is -2.27. The third kappa shape index (κ3) is 4.70. The van der Waals surface area contributed by atoms with Crippen molar-refractivity contribution in [1.29, 1.82) is 0 Å². The number of hydrogen-bond donors (Lipinski definition) is 1. The molecule has 0 unspecified atom stereocenters. The number of thiazole rings is 1. The second kappa shape index (κ2) is 9.19. The van der Waals surface area contributed by atoms with E-state index >= 15 is 0 Å². The molecule has 0 saturated carbocycles. The Labute approximate surface area is 185 Å². The van der Waals surface area contributed by atoms with Crippen LogP contribution >= 0.6 is 22.7 Å². The highest BCUT2D eigenvalue weighted by molar-refractivity contribution is 7.20. The van der Waals surface area contributed by atoms with Gasteiger partial charge in [0, 0.05) is 18.0 Å². The van der Waals surface area contributed by atoms with Crippen LogP contribution in [0.2, 0.25) is 0 Å². The van der Waals surface area contributed by atoms with Crippen molar-refractivity contribution in [3.63, 3.8) is 0 Å². The Morgan fingerprint density at radius 3 is 2.74 bits per heavy atom. The summed E-state index contributed by atoms with van der Waals surface area (Å²) in [6, 6.07) is 9.73. The number of anilines is 1. The van der Waals surface area contributed by atoms with Crippen LogP contribution in [0.5, 0.6) is 0 Å². The minimum atomic E-state index is -0.483. The van der Waals surface area contributed by atoms with Crippen molar-refractivity contribution in [3.05, 3.63) is 74.6 Å². The summed E-state index contributed by atoms with van der Waals surface area (Å²) in [7, 11) is 0. The van der Waals surface area contributed by atoms with Gasteiger partial charge in [0.1, 0.15) is 16.3 Å². The minimum Gasteiger partial charge on any atom is -0.461 e. The molecule has 4 rings (SSSR count). The fraction of sp³-hybridized carbons (Fsp3) is 0.190. The number of carbonyl (C=O) groups excluding carboxylic acids is 2. The Morgan fingerprint density at radius 1 is 1.19 bits per heavy atom. The molecule has 0 bridgehead atoms. The van der Waals surface area contributed by atoms with E-state index in [1.54, 1.807) is 18.5 Å². The third-order valence-electron chi connectivity index (χ3n) is 4.56. The van der Waals surface area contributed by atoms with Crippen molar-refractivity contribution in [2.75, 3.05) is 11.9 Å². The van der Waals surface area contributed by atoms with Gasteiger partial charge in [0.2, 0.25) is 5.91 Å². The lowest BCUT2D eigenvalue weighted by molar-refractivity contribution is -0.116. The molecule has 0 fully saturated rings. The van der Waals surface area contributed by atoms with Gasteiger partial charge < -0.3 is 10.1 Å². The van der Waals surface area contributed by atoms with Crippen LogP contribution in [0.3, 0.4) is 0 Å². The van der Waals surface area contributed by atoms with Gasteiger partial charge in [0.25, 0.3) is 5.56 Å². The molecule has 8 nitrogen and oxygen atoms in total. The first kappa shape index (κ1) is 20.9. The highest BCUT2D eigenvalue weighted by Crippen LogP contribution is 2.27. The molecule has 3 heterocycles. The predicted molar refractivity (Wildman–Crippen MR) is 120 cm³/mol. The largest absolute Gasteiger partial charge is 0.461 e. The van der Waals surface area contributed by atoms with Crippen LogP contribution < -0.4 is 10.9 Å². The molecule has 4 aromatic rings. The molecule has 0 radical (unpaired) electrons. The number of nitrogens with zero attached hydrogens (tertiary/aromatic N) is 3. The maximum atomic E-state index is 12.9. The van der Waals surface area contributed by atoms with E-state index in [-0.39, 0.29) is 24.6 Å². The molecule has 0 aliphatic heterocycles. The van der Waals surface area contributed by atoms with Gasteiger partial charge in [-0.05, 0) is 18.1 Å². The molecule has 0 aliphatic rings. The lowest BCUT2D eigenvalue weighted by Gasteiger charge is -2.05. The molecule has 0 aliphatic carbocycles. The van der Waals surface area contributed by atoms with E-state index in [2.05, 4.69) is 15.3 Å². The summed E-state index contributed by atoms with van der Waals surface area (Å²) in [6.45, 7) is 1.73. The summed E-state index contributed by atoms with van der Waals surface area (Å²) in [5.74, 6) is -0.865. The van der Waals surface area contributed by atoms with Crippen LogP contribution in [0.4, 0.5) is 5.13 Å².